The molecule has 0 aliphatic carbocycles. The first kappa shape index (κ1) is 11.4. The van der Waals surface area contributed by atoms with Crippen molar-refractivity contribution >= 4 is 5.91 Å². The summed E-state index contributed by atoms with van der Waals surface area (Å²) in [5.74, 6) is -0.282. The van der Waals surface area contributed by atoms with Gasteiger partial charge in [-0.05, 0) is 0 Å². The molecule has 82 valence electrons. The molecule has 1 fully saturated rings. The molecule has 1 saturated heterocycles. The van der Waals surface area contributed by atoms with Crippen LogP contribution in [0.3, 0.4) is 0 Å². The van der Waals surface area contributed by atoms with Crippen molar-refractivity contribution in [2.45, 2.75) is 37.9 Å². The Labute approximate surface area is 81.5 Å². The highest BCUT2D eigenvalue weighted by atomic mass is 16.5. The van der Waals surface area contributed by atoms with E-state index in [1.54, 1.807) is 0 Å². The summed E-state index contributed by atoms with van der Waals surface area (Å²) in [5, 5.41) is 30.0. The summed E-state index contributed by atoms with van der Waals surface area (Å²) >= 11 is 0. The number of carbonyl (C=O) groups is 1. The molecule has 6 heteroatoms. The number of nitrogens with one attached hydrogen (secondary N) is 1. The second-order valence-electron chi connectivity index (χ2n) is 3.34. The van der Waals surface area contributed by atoms with E-state index in [1.807, 2.05) is 0 Å². The van der Waals surface area contributed by atoms with E-state index in [9.17, 15) is 15.0 Å². The Morgan fingerprint density at radius 1 is 1.57 bits per heavy atom. The van der Waals surface area contributed by atoms with Gasteiger partial charge in [0.1, 0.15) is 18.4 Å². The van der Waals surface area contributed by atoms with E-state index >= 15 is 0 Å². The molecule has 1 rings (SSSR count). The molecule has 1 heterocycles. The van der Waals surface area contributed by atoms with Gasteiger partial charge in [-0.3, -0.25) is 4.79 Å². The number of ether oxygens (including phenoxy) is 1. The first-order valence-electron chi connectivity index (χ1n) is 4.44. The van der Waals surface area contributed by atoms with Gasteiger partial charge in [-0.15, -0.1) is 0 Å². The Hall–Kier alpha value is -0.690. The lowest BCUT2D eigenvalue weighted by Crippen LogP contribution is -2.54. The normalized spacial score (nSPS) is 38.0. The molecule has 1 unspecified atom stereocenters. The number of carbonyl (C=O) groups excluding carboxylic acids is 1. The van der Waals surface area contributed by atoms with E-state index in [4.69, 9.17) is 9.84 Å². The van der Waals surface area contributed by atoms with Crippen LogP contribution in [0, 0.1) is 0 Å². The molecule has 0 saturated carbocycles. The highest BCUT2D eigenvalue weighted by Gasteiger charge is 2.36. The molecule has 0 bridgehead atoms. The molecule has 0 aromatic carbocycles. The molecule has 6 nitrogen and oxygen atoms in total. The average Bonchev–Trinajstić information content (AvgIpc) is 2.10. The Balaban J connectivity index is 2.53. The molecule has 0 spiro atoms. The third-order valence-electron chi connectivity index (χ3n) is 2.11. The van der Waals surface area contributed by atoms with Crippen LogP contribution < -0.4 is 5.32 Å². The molecule has 0 aromatic rings. The topological polar surface area (TPSA) is 99.0 Å². The number of rotatable bonds is 2. The zero-order chi connectivity index (χ0) is 10.7. The number of aliphatic hydroxyl groups is 3. The highest BCUT2D eigenvalue weighted by molar-refractivity contribution is 5.73. The molecule has 0 radical (unpaired) electrons. The predicted octanol–water partition coefficient (Wildman–Crippen LogP) is -2.05. The summed E-state index contributed by atoms with van der Waals surface area (Å²) in [5.41, 5.74) is 0. The predicted molar refractivity (Wildman–Crippen MR) is 46.2 cm³/mol. The second kappa shape index (κ2) is 4.70. The molecule has 1 aliphatic heterocycles. The first-order chi connectivity index (χ1) is 6.54. The van der Waals surface area contributed by atoms with Gasteiger partial charge in [-0.1, -0.05) is 0 Å². The lowest BCUT2D eigenvalue weighted by molar-refractivity contribution is -0.188. The zero-order valence-electron chi connectivity index (χ0n) is 7.88. The highest BCUT2D eigenvalue weighted by Crippen LogP contribution is 2.18. The fourth-order valence-electron chi connectivity index (χ4n) is 1.42. The van der Waals surface area contributed by atoms with Crippen molar-refractivity contribution in [2.75, 3.05) is 6.61 Å². The first-order valence-corrected chi connectivity index (χ1v) is 4.44. The smallest absolute Gasteiger partial charge is 0.218 e. The summed E-state index contributed by atoms with van der Waals surface area (Å²) in [7, 11) is 0. The van der Waals surface area contributed by atoms with Crippen LogP contribution in [-0.2, 0) is 9.53 Å². The Morgan fingerprint density at radius 2 is 2.21 bits per heavy atom. The average molecular weight is 205 g/mol. The Kier molecular flexibility index (Phi) is 3.82. The van der Waals surface area contributed by atoms with E-state index < -0.39 is 31.1 Å². The maximum absolute atomic E-state index is 10.7. The van der Waals surface area contributed by atoms with Crippen LogP contribution in [-0.4, -0.2) is 52.4 Å². The van der Waals surface area contributed by atoms with E-state index in [0.29, 0.717) is 0 Å². The van der Waals surface area contributed by atoms with Gasteiger partial charge in [-0.2, -0.15) is 0 Å². The van der Waals surface area contributed by atoms with Crippen LogP contribution in [0.25, 0.3) is 0 Å². The number of aliphatic hydroxyl groups excluding tert-OH is 3. The molecule has 4 atom stereocenters. The van der Waals surface area contributed by atoms with Crippen molar-refractivity contribution in [2.24, 2.45) is 0 Å². The number of hydrogen-bond donors (Lipinski definition) is 4. The van der Waals surface area contributed by atoms with Crippen LogP contribution in [0.4, 0.5) is 0 Å². The molecule has 4 N–H and O–H groups in total. The quantitative estimate of drug-likeness (QED) is 0.416. The van der Waals surface area contributed by atoms with Crippen LogP contribution in [0.1, 0.15) is 13.3 Å². The van der Waals surface area contributed by atoms with Gasteiger partial charge in [0.2, 0.25) is 5.91 Å². The lowest BCUT2D eigenvalue weighted by atomic mass is 10.0. The fourth-order valence-corrected chi connectivity index (χ4v) is 1.42. The molecule has 14 heavy (non-hydrogen) atoms. The second-order valence-corrected chi connectivity index (χ2v) is 3.34. The lowest BCUT2D eigenvalue weighted by Gasteiger charge is -2.36. The minimum absolute atomic E-state index is 0.122. The third kappa shape index (κ3) is 2.65. The summed E-state index contributed by atoms with van der Waals surface area (Å²) in [4.78, 5) is 10.7. The van der Waals surface area contributed by atoms with Gasteiger partial charge < -0.3 is 25.4 Å². The van der Waals surface area contributed by atoms with Crippen molar-refractivity contribution in [3.05, 3.63) is 0 Å². The maximum atomic E-state index is 10.7. The van der Waals surface area contributed by atoms with E-state index in [2.05, 4.69) is 5.32 Å². The van der Waals surface area contributed by atoms with E-state index in [1.165, 1.54) is 6.92 Å². The van der Waals surface area contributed by atoms with Gasteiger partial charge in [0.15, 0.2) is 0 Å². The monoisotopic (exact) mass is 205 g/mol. The van der Waals surface area contributed by atoms with Gasteiger partial charge >= 0.3 is 0 Å². The molecule has 0 aromatic heterocycles. The van der Waals surface area contributed by atoms with Crippen LogP contribution in [0.5, 0.6) is 0 Å². The Morgan fingerprint density at radius 3 is 2.71 bits per heavy atom. The minimum atomic E-state index is -1.11. The van der Waals surface area contributed by atoms with Crippen molar-refractivity contribution < 1.29 is 24.9 Å². The summed E-state index contributed by atoms with van der Waals surface area (Å²) in [6, 6.07) is 0. The van der Waals surface area contributed by atoms with Gasteiger partial charge in [-0.25, -0.2) is 0 Å². The summed E-state index contributed by atoms with van der Waals surface area (Å²) in [6.07, 6.45) is -3.47. The van der Waals surface area contributed by atoms with Crippen LogP contribution >= 0.6 is 0 Å². The van der Waals surface area contributed by atoms with E-state index in [-0.39, 0.29) is 12.3 Å². The fraction of sp³-hybridized carbons (Fsp3) is 0.875. The molecule has 1 aliphatic rings. The van der Waals surface area contributed by atoms with Gasteiger partial charge in [0.05, 0.1) is 12.7 Å². The van der Waals surface area contributed by atoms with Crippen LogP contribution in [0.2, 0.25) is 0 Å². The molecule has 1 amide bonds. The minimum Gasteiger partial charge on any atom is -0.394 e. The number of amides is 1. The summed E-state index contributed by atoms with van der Waals surface area (Å²) < 4.78 is 5.14. The maximum Gasteiger partial charge on any atom is 0.218 e. The molecular formula is C8H15NO5. The zero-order valence-corrected chi connectivity index (χ0v) is 7.88. The van der Waals surface area contributed by atoms with Crippen molar-refractivity contribution in [3.63, 3.8) is 0 Å². The standard InChI is InChI=1S/C8H15NO5/c1-4(11)9-7-2-5(12)8(13)6(3-10)14-7/h5-8,10,12-13H,2-3H2,1H3,(H,9,11)/t5-,6-,7?,8+/m1/s1. The SMILES string of the molecule is CC(=O)NC1C[C@@H](O)[C@H](O)[C@@H](CO)O1. The third-order valence-corrected chi connectivity index (χ3v) is 2.11. The molecular weight excluding hydrogens is 190 g/mol. The van der Waals surface area contributed by atoms with Crippen molar-refractivity contribution in [1.82, 2.24) is 5.32 Å². The van der Waals surface area contributed by atoms with Crippen LogP contribution in [0.15, 0.2) is 0 Å². The Bertz CT molecular complexity index is 210. The van der Waals surface area contributed by atoms with Crippen molar-refractivity contribution in [3.8, 4) is 0 Å². The summed E-state index contributed by atoms with van der Waals surface area (Å²) in [6.45, 7) is 0.934. The van der Waals surface area contributed by atoms with Crippen molar-refractivity contribution in [1.29, 1.82) is 0 Å². The van der Waals surface area contributed by atoms with Gasteiger partial charge in [0, 0.05) is 13.3 Å². The largest absolute Gasteiger partial charge is 0.394 e. The van der Waals surface area contributed by atoms with Gasteiger partial charge in [0.25, 0.3) is 0 Å². The van der Waals surface area contributed by atoms with E-state index in [0.717, 1.165) is 0 Å². The number of hydrogen-bond acceptors (Lipinski definition) is 5.